The van der Waals surface area contributed by atoms with Crippen molar-refractivity contribution in [2.24, 2.45) is 0 Å². The van der Waals surface area contributed by atoms with Gasteiger partial charge in [-0.2, -0.15) is 9.59 Å². The molecule has 0 atom stereocenters. The molecule has 2 aromatic heterocycles. The fourth-order valence-corrected chi connectivity index (χ4v) is 5.96. The van der Waals surface area contributed by atoms with Crippen LogP contribution in [0.2, 0.25) is 0 Å². The maximum absolute atomic E-state index is 4.80. The third-order valence-electron chi connectivity index (χ3n) is 8.30. The van der Waals surface area contributed by atoms with Crippen molar-refractivity contribution in [3.05, 3.63) is 146 Å². The van der Waals surface area contributed by atoms with E-state index in [0.29, 0.717) is 0 Å². The van der Waals surface area contributed by atoms with E-state index in [1.54, 1.807) is 9.59 Å². The SMILES string of the molecule is c1ccc2c(c1)ccc1nn(-c3ccc(-c4ccc(-c5ccc(-n6nc7ccc8ccccc8c7n6)cc5)cc4)cc3)nc12. The number of hydrogen-bond donors (Lipinski definition) is 0. The lowest BCUT2D eigenvalue weighted by Gasteiger charge is -2.07. The van der Waals surface area contributed by atoms with Crippen LogP contribution in [0.25, 0.3) is 77.2 Å². The minimum Gasteiger partial charge on any atom is -0.150 e. The molecule has 44 heavy (non-hydrogen) atoms. The predicted octanol–water partition coefficient (Wildman–Crippen LogP) is 8.79. The van der Waals surface area contributed by atoms with Crippen LogP contribution in [0, 0.1) is 0 Å². The number of rotatable bonds is 4. The van der Waals surface area contributed by atoms with Crippen LogP contribution < -0.4 is 0 Å². The van der Waals surface area contributed by atoms with Crippen molar-refractivity contribution in [1.29, 1.82) is 0 Å². The van der Waals surface area contributed by atoms with Crippen LogP contribution in [0.5, 0.6) is 0 Å². The second-order valence-corrected chi connectivity index (χ2v) is 11.0. The zero-order valence-electron chi connectivity index (χ0n) is 23.5. The smallest absolute Gasteiger partial charge is 0.121 e. The third-order valence-corrected chi connectivity index (χ3v) is 8.30. The standard InChI is InChI=1S/C38H24N6/c1-3-7-33-29(5-1)17-23-35-37(33)41-43(39-35)31-19-13-27(14-20-31)25-9-11-26(12-10-25)28-15-21-32(22-16-28)44-40-36-24-18-30-6-2-4-8-34(30)38(36)42-44/h1-24H. The van der Waals surface area contributed by atoms with Gasteiger partial charge in [0.25, 0.3) is 0 Å². The normalized spacial score (nSPS) is 11.6. The van der Waals surface area contributed by atoms with Crippen LogP contribution >= 0.6 is 0 Å². The second kappa shape index (κ2) is 9.71. The lowest BCUT2D eigenvalue weighted by molar-refractivity contribution is 0.766. The van der Waals surface area contributed by atoms with E-state index in [-0.39, 0.29) is 0 Å². The van der Waals surface area contributed by atoms with Gasteiger partial charge in [-0.1, -0.05) is 109 Å². The van der Waals surface area contributed by atoms with E-state index >= 15 is 0 Å². The molecule has 0 amide bonds. The zero-order valence-corrected chi connectivity index (χ0v) is 23.5. The molecule has 0 bridgehead atoms. The van der Waals surface area contributed by atoms with Gasteiger partial charge in [0.05, 0.1) is 11.4 Å². The summed E-state index contributed by atoms with van der Waals surface area (Å²) in [6.45, 7) is 0. The van der Waals surface area contributed by atoms with Gasteiger partial charge in [-0.25, -0.2) is 0 Å². The minimum atomic E-state index is 0.888. The molecule has 6 nitrogen and oxygen atoms in total. The topological polar surface area (TPSA) is 61.4 Å². The van der Waals surface area contributed by atoms with Gasteiger partial charge in [0.15, 0.2) is 0 Å². The minimum absolute atomic E-state index is 0.888. The predicted molar refractivity (Wildman–Crippen MR) is 177 cm³/mol. The molecule has 0 saturated heterocycles. The van der Waals surface area contributed by atoms with Gasteiger partial charge < -0.3 is 0 Å². The van der Waals surface area contributed by atoms with Gasteiger partial charge in [-0.3, -0.25) is 0 Å². The van der Waals surface area contributed by atoms with E-state index in [9.17, 15) is 0 Å². The lowest BCUT2D eigenvalue weighted by Crippen LogP contribution is -1.98. The Morgan fingerprint density at radius 1 is 0.318 bits per heavy atom. The summed E-state index contributed by atoms with van der Waals surface area (Å²) in [6, 6.07) is 50.2. The number of hydrogen-bond acceptors (Lipinski definition) is 4. The molecule has 6 heteroatoms. The molecule has 206 valence electrons. The van der Waals surface area contributed by atoms with Crippen molar-refractivity contribution in [3.8, 4) is 33.6 Å². The van der Waals surface area contributed by atoms with Crippen molar-refractivity contribution < 1.29 is 0 Å². The molecule has 0 aliphatic heterocycles. The summed E-state index contributed by atoms with van der Waals surface area (Å²) in [5, 5.41) is 23.6. The lowest BCUT2D eigenvalue weighted by atomic mass is 10.00. The van der Waals surface area contributed by atoms with Crippen LogP contribution in [-0.4, -0.2) is 30.0 Å². The van der Waals surface area contributed by atoms with E-state index < -0.39 is 0 Å². The molecular weight excluding hydrogens is 540 g/mol. The van der Waals surface area contributed by atoms with Gasteiger partial charge in [-0.05, 0) is 69.4 Å². The quantitative estimate of drug-likeness (QED) is 0.214. The van der Waals surface area contributed by atoms with Crippen LogP contribution in [-0.2, 0) is 0 Å². The van der Waals surface area contributed by atoms with Crippen molar-refractivity contribution in [3.63, 3.8) is 0 Å². The number of aromatic nitrogens is 6. The summed E-state index contributed by atoms with van der Waals surface area (Å²) in [4.78, 5) is 3.44. The summed E-state index contributed by atoms with van der Waals surface area (Å²) in [5.74, 6) is 0. The highest BCUT2D eigenvalue weighted by molar-refractivity contribution is 6.04. The Kier molecular flexibility index (Phi) is 5.40. The van der Waals surface area contributed by atoms with Crippen LogP contribution in [0.3, 0.4) is 0 Å². The van der Waals surface area contributed by atoms with Gasteiger partial charge in [0.1, 0.15) is 22.1 Å². The largest absolute Gasteiger partial charge is 0.150 e. The average Bonchev–Trinajstić information content (AvgIpc) is 3.74. The van der Waals surface area contributed by atoms with Gasteiger partial charge >= 0.3 is 0 Å². The van der Waals surface area contributed by atoms with Crippen LogP contribution in [0.15, 0.2) is 146 Å². The van der Waals surface area contributed by atoms with Crippen LogP contribution in [0.4, 0.5) is 0 Å². The molecule has 0 saturated carbocycles. The van der Waals surface area contributed by atoms with Gasteiger partial charge in [0.2, 0.25) is 0 Å². The first kappa shape index (κ1) is 24.5. The average molecular weight is 565 g/mol. The van der Waals surface area contributed by atoms with Gasteiger partial charge in [0, 0.05) is 10.8 Å². The molecule has 9 rings (SSSR count). The molecule has 0 aliphatic carbocycles. The molecule has 0 unspecified atom stereocenters. The first-order valence-electron chi connectivity index (χ1n) is 14.6. The Hall–Kier alpha value is -6.14. The Labute approximate surface area is 252 Å². The van der Waals surface area contributed by atoms with Gasteiger partial charge in [-0.15, -0.1) is 20.4 Å². The van der Waals surface area contributed by atoms with Crippen molar-refractivity contribution in [1.82, 2.24) is 30.0 Å². The van der Waals surface area contributed by atoms with Crippen molar-refractivity contribution in [2.75, 3.05) is 0 Å². The molecular formula is C38H24N6. The Morgan fingerprint density at radius 2 is 0.682 bits per heavy atom. The Balaban J connectivity index is 0.956. The highest BCUT2D eigenvalue weighted by Crippen LogP contribution is 2.28. The van der Waals surface area contributed by atoms with Crippen LogP contribution in [0.1, 0.15) is 0 Å². The molecule has 0 aliphatic rings. The maximum atomic E-state index is 4.80. The first-order chi connectivity index (χ1) is 21.8. The Bertz CT molecular complexity index is 2290. The molecule has 0 spiro atoms. The first-order valence-corrected chi connectivity index (χ1v) is 14.6. The van der Waals surface area contributed by atoms with E-state index in [0.717, 1.165) is 66.5 Å². The third kappa shape index (κ3) is 4.04. The summed E-state index contributed by atoms with van der Waals surface area (Å²) in [7, 11) is 0. The summed E-state index contributed by atoms with van der Waals surface area (Å²) >= 11 is 0. The molecule has 7 aromatic carbocycles. The van der Waals surface area contributed by atoms with E-state index in [4.69, 9.17) is 20.4 Å². The second-order valence-electron chi connectivity index (χ2n) is 11.0. The summed E-state index contributed by atoms with van der Waals surface area (Å²) < 4.78 is 0. The van der Waals surface area contributed by atoms with E-state index in [1.165, 1.54) is 10.8 Å². The number of fused-ring (bicyclic) bond motifs is 6. The highest BCUT2D eigenvalue weighted by Gasteiger charge is 2.10. The number of benzene rings is 7. The monoisotopic (exact) mass is 564 g/mol. The van der Waals surface area contributed by atoms with Crippen molar-refractivity contribution >= 4 is 43.6 Å². The molecule has 0 fully saturated rings. The zero-order chi connectivity index (χ0) is 29.0. The summed E-state index contributed by atoms with van der Waals surface area (Å²) in [5.41, 5.74) is 10.1. The summed E-state index contributed by atoms with van der Waals surface area (Å²) in [6.07, 6.45) is 0. The molecule has 0 radical (unpaired) electrons. The van der Waals surface area contributed by atoms with Crippen molar-refractivity contribution in [2.45, 2.75) is 0 Å². The number of nitrogens with zero attached hydrogens (tertiary/aromatic N) is 6. The highest BCUT2D eigenvalue weighted by atomic mass is 15.5. The molecule has 0 N–H and O–H groups in total. The Morgan fingerprint density at radius 3 is 1.09 bits per heavy atom. The fraction of sp³-hybridized carbons (Fsp3) is 0. The van der Waals surface area contributed by atoms with E-state index in [2.05, 4.69) is 109 Å². The maximum Gasteiger partial charge on any atom is 0.121 e. The molecule has 2 heterocycles. The fourth-order valence-electron chi connectivity index (χ4n) is 5.96. The molecule has 9 aromatic rings. The van der Waals surface area contributed by atoms with E-state index in [1.807, 2.05) is 36.4 Å².